The molecule has 0 saturated carbocycles. The largest absolute Gasteiger partial charge is 0.493 e. The van der Waals surface area contributed by atoms with Gasteiger partial charge in [0.05, 0.1) is 27.5 Å². The van der Waals surface area contributed by atoms with E-state index in [0.29, 0.717) is 22.8 Å². The number of carbonyl (C=O) groups is 1. The molecule has 23 heavy (non-hydrogen) atoms. The van der Waals surface area contributed by atoms with Crippen LogP contribution in [0.3, 0.4) is 0 Å². The lowest BCUT2D eigenvalue weighted by Gasteiger charge is -2.12. The number of amides is 1. The SMILES string of the molecule is COc1cc(/C=N\NC(=O)c2ccn(C)n2)cc(OC)c1OC. The van der Waals surface area contributed by atoms with Gasteiger partial charge in [-0.15, -0.1) is 0 Å². The standard InChI is InChI=1S/C15H18N4O4/c1-19-6-5-11(18-19)15(20)17-16-9-10-7-12(21-2)14(23-4)13(8-10)22-3/h5-9H,1-4H3,(H,17,20)/b16-9-. The second-order valence-electron chi connectivity index (χ2n) is 4.53. The van der Waals surface area contributed by atoms with Crippen LogP contribution in [0.25, 0.3) is 0 Å². The summed E-state index contributed by atoms with van der Waals surface area (Å²) in [7, 11) is 6.32. The van der Waals surface area contributed by atoms with E-state index in [4.69, 9.17) is 14.2 Å². The van der Waals surface area contributed by atoms with Gasteiger partial charge < -0.3 is 14.2 Å². The molecule has 8 nitrogen and oxygen atoms in total. The van der Waals surface area contributed by atoms with Gasteiger partial charge in [-0.1, -0.05) is 0 Å². The molecule has 1 aromatic carbocycles. The van der Waals surface area contributed by atoms with Crippen molar-refractivity contribution in [2.45, 2.75) is 0 Å². The minimum atomic E-state index is -0.394. The Bertz CT molecular complexity index is 699. The van der Waals surface area contributed by atoms with Crippen LogP contribution < -0.4 is 19.6 Å². The van der Waals surface area contributed by atoms with Gasteiger partial charge in [-0.25, -0.2) is 5.43 Å². The number of carbonyl (C=O) groups excluding carboxylic acids is 1. The van der Waals surface area contributed by atoms with Gasteiger partial charge in [0.15, 0.2) is 17.2 Å². The number of rotatable bonds is 6. The summed E-state index contributed by atoms with van der Waals surface area (Å²) in [5.41, 5.74) is 3.37. The predicted molar refractivity (Wildman–Crippen MR) is 84.4 cm³/mol. The third-order valence-electron chi connectivity index (χ3n) is 3.01. The Hall–Kier alpha value is -3.03. The Balaban J connectivity index is 2.14. The van der Waals surface area contributed by atoms with E-state index in [9.17, 15) is 4.79 Å². The van der Waals surface area contributed by atoms with Crippen molar-refractivity contribution in [3.8, 4) is 17.2 Å². The summed E-state index contributed by atoms with van der Waals surface area (Å²) in [5.74, 6) is 1.10. The summed E-state index contributed by atoms with van der Waals surface area (Å²) in [5, 5.41) is 7.90. The topological polar surface area (TPSA) is 87.0 Å². The van der Waals surface area contributed by atoms with Gasteiger partial charge in [0.25, 0.3) is 5.91 Å². The molecule has 0 aliphatic heterocycles. The lowest BCUT2D eigenvalue weighted by Crippen LogP contribution is -2.18. The van der Waals surface area contributed by atoms with Crippen molar-refractivity contribution < 1.29 is 19.0 Å². The Morgan fingerprint density at radius 2 is 1.87 bits per heavy atom. The van der Waals surface area contributed by atoms with E-state index in [0.717, 1.165) is 0 Å². The quantitative estimate of drug-likeness (QED) is 0.639. The van der Waals surface area contributed by atoms with Crippen LogP contribution in [0.1, 0.15) is 16.1 Å². The molecule has 8 heteroatoms. The Morgan fingerprint density at radius 1 is 1.22 bits per heavy atom. The van der Waals surface area contributed by atoms with Gasteiger partial charge in [-0.3, -0.25) is 9.48 Å². The van der Waals surface area contributed by atoms with Crippen LogP contribution in [0, 0.1) is 0 Å². The first-order valence-electron chi connectivity index (χ1n) is 6.72. The second-order valence-corrected chi connectivity index (χ2v) is 4.53. The summed E-state index contributed by atoms with van der Waals surface area (Å²) < 4.78 is 17.3. The van der Waals surface area contributed by atoms with Gasteiger partial charge in [0.2, 0.25) is 5.75 Å². The number of aromatic nitrogens is 2. The van der Waals surface area contributed by atoms with Gasteiger partial charge in [-0.2, -0.15) is 10.2 Å². The number of nitrogens with zero attached hydrogens (tertiary/aromatic N) is 3. The first-order chi connectivity index (χ1) is 11.1. The van der Waals surface area contributed by atoms with E-state index in [1.807, 2.05) is 0 Å². The third kappa shape index (κ3) is 3.79. The fourth-order valence-electron chi connectivity index (χ4n) is 1.93. The zero-order valence-electron chi connectivity index (χ0n) is 13.4. The molecule has 0 saturated heterocycles. The molecule has 122 valence electrons. The highest BCUT2D eigenvalue weighted by Crippen LogP contribution is 2.37. The average Bonchev–Trinajstić information content (AvgIpc) is 3.00. The number of hydrogen-bond acceptors (Lipinski definition) is 6. The second kappa shape index (κ2) is 7.30. The van der Waals surface area contributed by atoms with Gasteiger partial charge in [0, 0.05) is 18.8 Å². The highest BCUT2D eigenvalue weighted by molar-refractivity contribution is 5.93. The van der Waals surface area contributed by atoms with E-state index in [2.05, 4.69) is 15.6 Å². The van der Waals surface area contributed by atoms with E-state index >= 15 is 0 Å². The van der Waals surface area contributed by atoms with Gasteiger partial charge >= 0.3 is 0 Å². The van der Waals surface area contributed by atoms with Crippen LogP contribution in [-0.4, -0.2) is 43.2 Å². The van der Waals surface area contributed by atoms with Crippen molar-refractivity contribution >= 4 is 12.1 Å². The first kappa shape index (κ1) is 16.3. The van der Waals surface area contributed by atoms with E-state index in [-0.39, 0.29) is 5.69 Å². The molecule has 0 aliphatic carbocycles. The number of hydrogen-bond donors (Lipinski definition) is 1. The molecular formula is C15H18N4O4. The maximum atomic E-state index is 11.8. The van der Waals surface area contributed by atoms with Crippen molar-refractivity contribution in [1.29, 1.82) is 0 Å². The monoisotopic (exact) mass is 318 g/mol. The number of ether oxygens (including phenoxy) is 3. The van der Waals surface area contributed by atoms with Gasteiger partial charge in [0.1, 0.15) is 0 Å². The average molecular weight is 318 g/mol. The zero-order valence-corrected chi connectivity index (χ0v) is 13.4. The molecule has 2 aromatic rings. The molecule has 0 spiro atoms. The minimum Gasteiger partial charge on any atom is -0.493 e. The van der Waals surface area contributed by atoms with E-state index in [1.54, 1.807) is 31.4 Å². The van der Waals surface area contributed by atoms with Crippen LogP contribution in [-0.2, 0) is 7.05 Å². The number of benzene rings is 1. The van der Waals surface area contributed by atoms with Crippen LogP contribution in [0.2, 0.25) is 0 Å². The third-order valence-corrected chi connectivity index (χ3v) is 3.01. The molecule has 1 N–H and O–H groups in total. The Morgan fingerprint density at radius 3 is 2.35 bits per heavy atom. The number of hydrazone groups is 1. The summed E-state index contributed by atoms with van der Waals surface area (Å²) >= 11 is 0. The number of methoxy groups -OCH3 is 3. The van der Waals surface area contributed by atoms with Gasteiger partial charge in [-0.05, 0) is 18.2 Å². The fourth-order valence-corrected chi connectivity index (χ4v) is 1.93. The van der Waals surface area contributed by atoms with E-state index in [1.165, 1.54) is 32.2 Å². The van der Waals surface area contributed by atoms with Crippen molar-refractivity contribution in [3.63, 3.8) is 0 Å². The lowest BCUT2D eigenvalue weighted by atomic mass is 10.2. The van der Waals surface area contributed by atoms with Crippen molar-refractivity contribution in [2.24, 2.45) is 12.1 Å². The minimum absolute atomic E-state index is 0.287. The Labute approximate surface area is 133 Å². The molecule has 0 aliphatic rings. The maximum Gasteiger partial charge on any atom is 0.291 e. The van der Waals surface area contributed by atoms with Crippen LogP contribution in [0.5, 0.6) is 17.2 Å². The summed E-state index contributed by atoms with van der Waals surface area (Å²) in [6.45, 7) is 0. The summed E-state index contributed by atoms with van der Waals surface area (Å²) in [6, 6.07) is 5.04. The molecule has 0 bridgehead atoms. The molecule has 0 radical (unpaired) electrons. The number of aryl methyl sites for hydroxylation is 1. The first-order valence-corrected chi connectivity index (χ1v) is 6.72. The van der Waals surface area contributed by atoms with Crippen LogP contribution in [0.15, 0.2) is 29.5 Å². The fraction of sp³-hybridized carbons (Fsp3) is 0.267. The molecule has 1 aromatic heterocycles. The van der Waals surface area contributed by atoms with E-state index < -0.39 is 5.91 Å². The van der Waals surface area contributed by atoms with Crippen molar-refractivity contribution in [3.05, 3.63) is 35.7 Å². The molecular weight excluding hydrogens is 300 g/mol. The normalized spacial score (nSPS) is 10.6. The summed E-state index contributed by atoms with van der Waals surface area (Å²) in [4.78, 5) is 11.8. The molecule has 1 heterocycles. The van der Waals surface area contributed by atoms with Crippen LogP contribution in [0.4, 0.5) is 0 Å². The smallest absolute Gasteiger partial charge is 0.291 e. The molecule has 0 atom stereocenters. The zero-order chi connectivity index (χ0) is 16.8. The highest BCUT2D eigenvalue weighted by atomic mass is 16.5. The Kier molecular flexibility index (Phi) is 5.19. The lowest BCUT2D eigenvalue weighted by molar-refractivity contribution is 0.0949. The number of nitrogens with one attached hydrogen (secondary N) is 1. The molecule has 2 rings (SSSR count). The van der Waals surface area contributed by atoms with Crippen molar-refractivity contribution in [2.75, 3.05) is 21.3 Å². The van der Waals surface area contributed by atoms with Crippen LogP contribution >= 0.6 is 0 Å². The van der Waals surface area contributed by atoms with Crippen molar-refractivity contribution in [1.82, 2.24) is 15.2 Å². The highest BCUT2D eigenvalue weighted by Gasteiger charge is 2.12. The summed E-state index contributed by atoms with van der Waals surface area (Å²) in [6.07, 6.45) is 3.16. The maximum absolute atomic E-state index is 11.8. The molecule has 0 fully saturated rings. The predicted octanol–water partition coefficient (Wildman–Crippen LogP) is 1.21. The molecule has 1 amide bonds. The molecule has 0 unspecified atom stereocenters.